The molecule has 2 heterocycles. The van der Waals surface area contributed by atoms with E-state index >= 15 is 0 Å². The van der Waals surface area contributed by atoms with Crippen LogP contribution in [0, 0.1) is 0 Å². The van der Waals surface area contributed by atoms with Crippen LogP contribution < -0.4 is 4.74 Å². The second-order valence-corrected chi connectivity index (χ2v) is 6.33. The molecule has 4 heteroatoms. The maximum atomic E-state index is 6.05. The molecule has 0 spiro atoms. The van der Waals surface area contributed by atoms with Gasteiger partial charge in [0.15, 0.2) is 0 Å². The van der Waals surface area contributed by atoms with Crippen molar-refractivity contribution in [3.8, 4) is 5.75 Å². The van der Waals surface area contributed by atoms with Gasteiger partial charge < -0.3 is 9.47 Å². The lowest BCUT2D eigenvalue weighted by atomic mass is 10.1. The van der Waals surface area contributed by atoms with Crippen LogP contribution in [0.25, 0.3) is 6.08 Å². The van der Waals surface area contributed by atoms with Crippen LogP contribution in [0.4, 0.5) is 0 Å². The molecule has 0 aliphatic carbocycles. The highest BCUT2D eigenvalue weighted by atomic mass is 16.5. The van der Waals surface area contributed by atoms with Gasteiger partial charge in [0, 0.05) is 19.3 Å². The minimum absolute atomic E-state index is 0.296. The van der Waals surface area contributed by atoms with E-state index in [1.54, 1.807) is 7.11 Å². The largest absolute Gasteiger partial charge is 0.497 e. The van der Waals surface area contributed by atoms with Crippen LogP contribution in [0.3, 0.4) is 0 Å². The highest BCUT2D eigenvalue weighted by molar-refractivity contribution is 5.50. The van der Waals surface area contributed by atoms with Gasteiger partial charge in [-0.3, -0.25) is 9.88 Å². The molecule has 3 rings (SSSR count). The number of likely N-dealkylation sites (tertiary alicyclic amines) is 1. The fraction of sp³-hybridized carbons (Fsp3) is 0.381. The van der Waals surface area contributed by atoms with Gasteiger partial charge >= 0.3 is 0 Å². The molecule has 1 fully saturated rings. The number of aromatic nitrogens is 1. The molecule has 1 unspecified atom stereocenters. The van der Waals surface area contributed by atoms with Crippen molar-refractivity contribution < 1.29 is 9.47 Å². The maximum absolute atomic E-state index is 6.05. The van der Waals surface area contributed by atoms with Crippen LogP contribution in [0.15, 0.2) is 54.7 Å². The van der Waals surface area contributed by atoms with E-state index in [1.807, 2.05) is 36.5 Å². The first-order valence-electron chi connectivity index (χ1n) is 8.88. The summed E-state index contributed by atoms with van der Waals surface area (Å²) in [7, 11) is 1.69. The molecule has 25 heavy (non-hydrogen) atoms. The Kier molecular flexibility index (Phi) is 6.60. The third kappa shape index (κ3) is 5.69. The first-order valence-corrected chi connectivity index (χ1v) is 8.88. The second-order valence-electron chi connectivity index (χ2n) is 6.33. The highest BCUT2D eigenvalue weighted by Gasteiger charge is 2.19. The van der Waals surface area contributed by atoms with E-state index in [0.29, 0.717) is 12.7 Å². The fourth-order valence-corrected chi connectivity index (χ4v) is 3.05. The van der Waals surface area contributed by atoms with Gasteiger partial charge in [0.25, 0.3) is 0 Å². The quantitative estimate of drug-likeness (QED) is 0.769. The summed E-state index contributed by atoms with van der Waals surface area (Å²) in [6.07, 6.45) is 8.82. The summed E-state index contributed by atoms with van der Waals surface area (Å²) in [5.41, 5.74) is 2.19. The predicted octanol–water partition coefficient (Wildman–Crippen LogP) is 3.78. The van der Waals surface area contributed by atoms with E-state index in [2.05, 4.69) is 34.2 Å². The minimum atomic E-state index is 0.296. The average molecular weight is 338 g/mol. The van der Waals surface area contributed by atoms with E-state index in [0.717, 1.165) is 37.5 Å². The van der Waals surface area contributed by atoms with Crippen molar-refractivity contribution in [2.24, 2.45) is 0 Å². The fourth-order valence-electron chi connectivity index (χ4n) is 3.05. The van der Waals surface area contributed by atoms with Crippen LogP contribution in [0.2, 0.25) is 0 Å². The third-order valence-corrected chi connectivity index (χ3v) is 4.45. The van der Waals surface area contributed by atoms with Crippen molar-refractivity contribution in [3.63, 3.8) is 0 Å². The van der Waals surface area contributed by atoms with Crippen LogP contribution in [-0.2, 0) is 11.3 Å². The Balaban J connectivity index is 1.43. The molecule has 0 radical (unpaired) electrons. The summed E-state index contributed by atoms with van der Waals surface area (Å²) in [6.45, 7) is 3.67. The van der Waals surface area contributed by atoms with Gasteiger partial charge in [-0.1, -0.05) is 30.4 Å². The Morgan fingerprint density at radius 1 is 1.20 bits per heavy atom. The molecule has 0 amide bonds. The zero-order valence-electron chi connectivity index (χ0n) is 14.8. The Bertz CT molecular complexity index is 655. The molecule has 1 aromatic carbocycles. The molecule has 1 aliphatic rings. The van der Waals surface area contributed by atoms with Gasteiger partial charge in [-0.25, -0.2) is 0 Å². The summed E-state index contributed by atoms with van der Waals surface area (Å²) in [4.78, 5) is 6.77. The highest BCUT2D eigenvalue weighted by Crippen LogP contribution is 2.16. The topological polar surface area (TPSA) is 34.6 Å². The Morgan fingerprint density at radius 3 is 2.84 bits per heavy atom. The second kappa shape index (κ2) is 9.35. The van der Waals surface area contributed by atoms with Crippen LogP contribution in [0.1, 0.15) is 24.1 Å². The van der Waals surface area contributed by atoms with E-state index in [-0.39, 0.29) is 0 Å². The van der Waals surface area contributed by atoms with Crippen LogP contribution >= 0.6 is 0 Å². The zero-order chi connectivity index (χ0) is 17.3. The Labute approximate surface area is 150 Å². The van der Waals surface area contributed by atoms with E-state index < -0.39 is 0 Å². The number of nitrogens with zero attached hydrogens (tertiary/aromatic N) is 2. The normalized spacial score (nSPS) is 18.5. The van der Waals surface area contributed by atoms with Crippen LogP contribution in [0.5, 0.6) is 5.75 Å². The average Bonchev–Trinajstić information content (AvgIpc) is 2.68. The number of hydrogen-bond acceptors (Lipinski definition) is 4. The summed E-state index contributed by atoms with van der Waals surface area (Å²) < 4.78 is 11.2. The van der Waals surface area contributed by atoms with Gasteiger partial charge in [0.05, 0.1) is 25.5 Å². The van der Waals surface area contributed by atoms with Gasteiger partial charge in [0.2, 0.25) is 0 Å². The summed E-state index contributed by atoms with van der Waals surface area (Å²) >= 11 is 0. The number of pyridine rings is 1. The van der Waals surface area contributed by atoms with E-state index in [1.165, 1.54) is 12.0 Å². The van der Waals surface area contributed by atoms with Crippen molar-refractivity contribution >= 4 is 6.08 Å². The van der Waals surface area contributed by atoms with Crippen LogP contribution in [-0.4, -0.2) is 42.7 Å². The summed E-state index contributed by atoms with van der Waals surface area (Å²) in [5, 5.41) is 0. The molecule has 132 valence electrons. The molecular formula is C21H26N2O2. The molecule has 1 atom stereocenters. The van der Waals surface area contributed by atoms with Gasteiger partial charge in [-0.2, -0.15) is 0 Å². The summed E-state index contributed by atoms with van der Waals surface area (Å²) in [6, 6.07) is 14.1. The minimum Gasteiger partial charge on any atom is -0.497 e. The monoisotopic (exact) mass is 338 g/mol. The molecule has 0 bridgehead atoms. The first-order chi connectivity index (χ1) is 12.3. The molecule has 1 saturated heterocycles. The molecule has 0 N–H and O–H groups in total. The third-order valence-electron chi connectivity index (χ3n) is 4.45. The summed E-state index contributed by atoms with van der Waals surface area (Å²) in [5.74, 6) is 0.890. The molecular weight excluding hydrogens is 312 g/mol. The van der Waals surface area contributed by atoms with Gasteiger partial charge in [-0.05, 0) is 49.2 Å². The molecule has 2 aromatic rings. The van der Waals surface area contributed by atoms with Crippen molar-refractivity contribution in [3.05, 3.63) is 66.0 Å². The maximum Gasteiger partial charge on any atom is 0.118 e. The zero-order valence-corrected chi connectivity index (χ0v) is 14.8. The number of ether oxygens (including phenoxy) is 2. The SMILES string of the molecule is COc1ccc(C=CCN2CCCC(OCc3ccccn3)C2)cc1. The molecule has 4 nitrogen and oxygen atoms in total. The number of piperidine rings is 1. The number of benzene rings is 1. The van der Waals surface area contributed by atoms with Crippen molar-refractivity contribution in [2.45, 2.75) is 25.6 Å². The van der Waals surface area contributed by atoms with Crippen molar-refractivity contribution in [2.75, 3.05) is 26.7 Å². The number of rotatable bonds is 7. The predicted molar refractivity (Wildman–Crippen MR) is 101 cm³/mol. The standard InChI is InChI=1S/C21H26N2O2/c1-24-20-11-9-18(10-12-20)6-4-14-23-15-5-8-21(16-23)25-17-19-7-2-3-13-22-19/h2-4,6-7,9-13,21H,5,8,14-17H2,1H3. The Morgan fingerprint density at radius 2 is 2.08 bits per heavy atom. The lowest BCUT2D eigenvalue weighted by molar-refractivity contribution is -0.00834. The number of methoxy groups -OCH3 is 1. The van der Waals surface area contributed by atoms with Crippen molar-refractivity contribution in [1.29, 1.82) is 0 Å². The number of hydrogen-bond donors (Lipinski definition) is 0. The van der Waals surface area contributed by atoms with E-state index in [9.17, 15) is 0 Å². The first kappa shape index (κ1) is 17.6. The Hall–Kier alpha value is -2.17. The smallest absolute Gasteiger partial charge is 0.118 e. The molecule has 1 aliphatic heterocycles. The lowest BCUT2D eigenvalue weighted by Crippen LogP contribution is -2.39. The molecule has 0 saturated carbocycles. The lowest BCUT2D eigenvalue weighted by Gasteiger charge is -2.31. The molecule has 1 aromatic heterocycles. The van der Waals surface area contributed by atoms with Crippen molar-refractivity contribution in [1.82, 2.24) is 9.88 Å². The van der Waals surface area contributed by atoms with Gasteiger partial charge in [0.1, 0.15) is 5.75 Å². The van der Waals surface area contributed by atoms with Gasteiger partial charge in [-0.15, -0.1) is 0 Å². The van der Waals surface area contributed by atoms with E-state index in [4.69, 9.17) is 9.47 Å².